The number of carbonyl (C=O) groups excluding carboxylic acids is 4. The highest BCUT2D eigenvalue weighted by molar-refractivity contribution is 5.83. The lowest BCUT2D eigenvalue weighted by atomic mass is 10.0. The molecule has 1 rings (SSSR count). The number of benzene rings is 1. The molecule has 0 aromatic heterocycles. The van der Waals surface area contributed by atoms with Gasteiger partial charge in [-0.2, -0.15) is 0 Å². The first-order valence-electron chi connectivity index (χ1n) is 11.4. The zero-order chi connectivity index (χ0) is 25.5. The predicted octanol–water partition coefficient (Wildman–Crippen LogP) is 2.65. The second-order valence-corrected chi connectivity index (χ2v) is 7.28. The molecule has 4 N–H and O–H groups in total. The molecular weight excluding hydrogens is 420 g/mol. The molecule has 0 aliphatic rings. The predicted molar refractivity (Wildman–Crippen MR) is 134 cm³/mol. The standard InChI is InChI=1S/C13H16N2O2.C10H20N2O2.C2H6/c1-14-13(17)12(15-10-16)9-5-8-11-6-3-2-4-7-11;1-8(2)5-4-6-9(12-7-13)10(14)11-3;1-2/h2-8,10,12H,9H2,1H3,(H,14,17)(H,15,16);7-9H,4-6H2,1-3H3,(H,11,14)(H,12,13);1-2H3/b8-5+;;. The fraction of sp³-hybridized carbons (Fsp3) is 0.520. The van der Waals surface area contributed by atoms with Gasteiger partial charge in [0.1, 0.15) is 12.1 Å². The molecule has 33 heavy (non-hydrogen) atoms. The van der Waals surface area contributed by atoms with Crippen molar-refractivity contribution in [1.82, 2.24) is 21.3 Å². The maximum absolute atomic E-state index is 11.4. The average Bonchev–Trinajstić information content (AvgIpc) is 2.84. The van der Waals surface area contributed by atoms with Gasteiger partial charge in [-0.15, -0.1) is 0 Å². The van der Waals surface area contributed by atoms with E-state index in [0.29, 0.717) is 31.6 Å². The highest BCUT2D eigenvalue weighted by atomic mass is 16.2. The lowest BCUT2D eigenvalue weighted by Gasteiger charge is -2.14. The molecular formula is C25H42N4O4. The van der Waals surface area contributed by atoms with Gasteiger partial charge in [0.15, 0.2) is 0 Å². The van der Waals surface area contributed by atoms with Gasteiger partial charge >= 0.3 is 0 Å². The molecule has 0 saturated carbocycles. The second-order valence-electron chi connectivity index (χ2n) is 7.28. The molecule has 0 radical (unpaired) electrons. The van der Waals surface area contributed by atoms with Crippen LogP contribution in [0.2, 0.25) is 0 Å². The second kappa shape index (κ2) is 22.0. The molecule has 2 atom stereocenters. The molecule has 186 valence electrons. The van der Waals surface area contributed by atoms with Crippen LogP contribution in [0, 0.1) is 5.92 Å². The van der Waals surface area contributed by atoms with Gasteiger partial charge in [0, 0.05) is 14.1 Å². The van der Waals surface area contributed by atoms with Gasteiger partial charge in [-0.1, -0.05) is 83.0 Å². The highest BCUT2D eigenvalue weighted by Crippen LogP contribution is 2.08. The van der Waals surface area contributed by atoms with Crippen molar-refractivity contribution in [2.45, 2.75) is 65.5 Å². The normalized spacial score (nSPS) is 11.6. The van der Waals surface area contributed by atoms with Gasteiger partial charge in [-0.25, -0.2) is 0 Å². The monoisotopic (exact) mass is 462 g/mol. The molecule has 0 bridgehead atoms. The molecule has 0 spiro atoms. The van der Waals surface area contributed by atoms with Crippen molar-refractivity contribution < 1.29 is 19.2 Å². The van der Waals surface area contributed by atoms with Crippen LogP contribution < -0.4 is 21.3 Å². The lowest BCUT2D eigenvalue weighted by molar-refractivity contribution is -0.125. The molecule has 4 amide bonds. The van der Waals surface area contributed by atoms with E-state index in [0.717, 1.165) is 18.4 Å². The van der Waals surface area contributed by atoms with Crippen LogP contribution in [-0.4, -0.2) is 50.8 Å². The summed E-state index contributed by atoms with van der Waals surface area (Å²) in [6.07, 6.45) is 8.11. The molecule has 1 aromatic rings. The molecule has 0 aliphatic heterocycles. The van der Waals surface area contributed by atoms with Crippen LogP contribution in [0.5, 0.6) is 0 Å². The van der Waals surface area contributed by atoms with Crippen molar-refractivity contribution in [2.75, 3.05) is 14.1 Å². The fourth-order valence-electron chi connectivity index (χ4n) is 2.69. The van der Waals surface area contributed by atoms with Crippen LogP contribution >= 0.6 is 0 Å². The van der Waals surface area contributed by atoms with Crippen molar-refractivity contribution in [2.24, 2.45) is 5.92 Å². The van der Waals surface area contributed by atoms with Crippen molar-refractivity contribution in [3.63, 3.8) is 0 Å². The first-order chi connectivity index (χ1) is 15.9. The summed E-state index contributed by atoms with van der Waals surface area (Å²) in [5, 5.41) is 10.0. The number of carbonyl (C=O) groups is 4. The van der Waals surface area contributed by atoms with Gasteiger partial charge < -0.3 is 21.3 Å². The smallest absolute Gasteiger partial charge is 0.242 e. The Morgan fingerprint density at radius 3 is 1.85 bits per heavy atom. The number of hydrogen-bond acceptors (Lipinski definition) is 4. The minimum Gasteiger partial charge on any atom is -0.357 e. The summed E-state index contributed by atoms with van der Waals surface area (Å²) in [6.45, 7) is 8.28. The van der Waals surface area contributed by atoms with E-state index in [2.05, 4.69) is 35.1 Å². The minimum atomic E-state index is -0.516. The zero-order valence-corrected chi connectivity index (χ0v) is 20.9. The van der Waals surface area contributed by atoms with E-state index in [1.807, 2.05) is 56.3 Å². The van der Waals surface area contributed by atoms with E-state index in [1.54, 1.807) is 14.1 Å². The Morgan fingerprint density at radius 1 is 0.848 bits per heavy atom. The third-order valence-corrected chi connectivity index (χ3v) is 4.42. The minimum absolute atomic E-state index is 0.124. The third-order valence-electron chi connectivity index (χ3n) is 4.42. The number of likely N-dealkylation sites (N-methyl/N-ethyl adjacent to an activating group) is 2. The molecule has 0 saturated heterocycles. The number of rotatable bonds is 13. The zero-order valence-electron chi connectivity index (χ0n) is 20.9. The number of hydrogen-bond donors (Lipinski definition) is 4. The summed E-state index contributed by atoms with van der Waals surface area (Å²) < 4.78 is 0. The average molecular weight is 463 g/mol. The van der Waals surface area contributed by atoms with Crippen LogP contribution in [-0.2, 0) is 19.2 Å². The van der Waals surface area contributed by atoms with Crippen molar-refractivity contribution in [3.8, 4) is 0 Å². The fourth-order valence-corrected chi connectivity index (χ4v) is 2.69. The molecule has 0 heterocycles. The van der Waals surface area contributed by atoms with E-state index in [1.165, 1.54) is 0 Å². The van der Waals surface area contributed by atoms with E-state index < -0.39 is 6.04 Å². The molecule has 1 aromatic carbocycles. The summed E-state index contributed by atoms with van der Waals surface area (Å²) in [7, 11) is 3.12. The van der Waals surface area contributed by atoms with Gasteiger partial charge in [0.05, 0.1) is 0 Å². The Balaban J connectivity index is 0. The topological polar surface area (TPSA) is 116 Å². The first kappa shape index (κ1) is 32.0. The quantitative estimate of drug-likeness (QED) is 0.337. The maximum atomic E-state index is 11.4. The summed E-state index contributed by atoms with van der Waals surface area (Å²) in [5.41, 5.74) is 1.06. The van der Waals surface area contributed by atoms with Gasteiger partial charge in [-0.05, 0) is 24.3 Å². The van der Waals surface area contributed by atoms with Crippen LogP contribution in [0.3, 0.4) is 0 Å². The van der Waals surface area contributed by atoms with Crippen molar-refractivity contribution >= 4 is 30.7 Å². The lowest BCUT2D eigenvalue weighted by Crippen LogP contribution is -2.42. The molecule has 8 heteroatoms. The van der Waals surface area contributed by atoms with Crippen LogP contribution in [0.15, 0.2) is 36.4 Å². The summed E-state index contributed by atoms with van der Waals surface area (Å²) in [6, 6.07) is 8.88. The molecule has 2 unspecified atom stereocenters. The van der Waals surface area contributed by atoms with Crippen LogP contribution in [0.25, 0.3) is 6.08 Å². The Bertz CT molecular complexity index is 678. The Morgan fingerprint density at radius 2 is 1.36 bits per heavy atom. The van der Waals surface area contributed by atoms with E-state index in [9.17, 15) is 19.2 Å². The summed E-state index contributed by atoms with van der Waals surface area (Å²) >= 11 is 0. The first-order valence-corrected chi connectivity index (χ1v) is 11.4. The summed E-state index contributed by atoms with van der Waals surface area (Å²) in [5.74, 6) is 0.312. The van der Waals surface area contributed by atoms with Crippen molar-refractivity contribution in [1.29, 1.82) is 0 Å². The summed E-state index contributed by atoms with van der Waals surface area (Å²) in [4.78, 5) is 43.2. The van der Waals surface area contributed by atoms with E-state index in [4.69, 9.17) is 0 Å². The van der Waals surface area contributed by atoms with Crippen molar-refractivity contribution in [3.05, 3.63) is 42.0 Å². The van der Waals surface area contributed by atoms with Crippen LogP contribution in [0.1, 0.15) is 58.9 Å². The van der Waals surface area contributed by atoms with Crippen LogP contribution in [0.4, 0.5) is 0 Å². The number of amides is 4. The molecule has 0 aliphatic carbocycles. The SMILES string of the molecule is CC.CNC(=O)C(C/C=C/c1ccccc1)NC=O.CNC(=O)C(CCCC(C)C)NC=O. The highest BCUT2D eigenvalue weighted by Gasteiger charge is 2.15. The van der Waals surface area contributed by atoms with E-state index >= 15 is 0 Å². The third kappa shape index (κ3) is 17.1. The number of nitrogens with one attached hydrogen (secondary N) is 4. The van der Waals surface area contributed by atoms with E-state index in [-0.39, 0.29) is 17.9 Å². The Kier molecular flexibility index (Phi) is 21.4. The largest absolute Gasteiger partial charge is 0.357 e. The molecule has 0 fully saturated rings. The van der Waals surface area contributed by atoms with Gasteiger partial charge in [0.25, 0.3) is 0 Å². The Labute approximate surface area is 199 Å². The maximum Gasteiger partial charge on any atom is 0.242 e. The Hall–Kier alpha value is -3.16. The van der Waals surface area contributed by atoms with Gasteiger partial charge in [-0.3, -0.25) is 19.2 Å². The molecule has 8 nitrogen and oxygen atoms in total. The van der Waals surface area contributed by atoms with Gasteiger partial charge in [0.2, 0.25) is 24.6 Å².